The first-order valence-electron chi connectivity index (χ1n) is 5.25. The summed E-state index contributed by atoms with van der Waals surface area (Å²) in [5.41, 5.74) is 1.12. The van der Waals surface area contributed by atoms with E-state index in [1.807, 2.05) is 25.1 Å². The molecular weight excluding hydrogens is 202 g/mol. The van der Waals surface area contributed by atoms with Gasteiger partial charge in [-0.2, -0.15) is 0 Å². The Balaban J connectivity index is 2.73. The molecule has 0 unspecified atom stereocenters. The number of nitrogens with one attached hydrogen (secondary N) is 1. The van der Waals surface area contributed by atoms with Crippen LogP contribution in [0.2, 0.25) is 0 Å². The summed E-state index contributed by atoms with van der Waals surface area (Å²) in [5.74, 6) is 4.05. The number of hydrogen-bond donors (Lipinski definition) is 1. The van der Waals surface area contributed by atoms with Crippen LogP contribution in [0.15, 0.2) is 18.2 Å². The van der Waals surface area contributed by atoms with Gasteiger partial charge in [0.05, 0.1) is 20.3 Å². The van der Waals surface area contributed by atoms with Gasteiger partial charge in [-0.05, 0) is 24.6 Å². The number of hydrogen-bond acceptors (Lipinski definition) is 3. The molecule has 0 heterocycles. The molecule has 0 bridgehead atoms. The van der Waals surface area contributed by atoms with Gasteiger partial charge in [-0.1, -0.05) is 12.0 Å². The summed E-state index contributed by atoms with van der Waals surface area (Å²) in [7, 11) is 1.63. The minimum Gasteiger partial charge on any atom is -0.493 e. The average Bonchev–Trinajstić information content (AvgIpc) is 2.30. The number of terminal acetylenes is 1. The van der Waals surface area contributed by atoms with E-state index in [0.29, 0.717) is 13.2 Å². The second-order valence-corrected chi connectivity index (χ2v) is 3.23. The lowest BCUT2D eigenvalue weighted by Gasteiger charge is -2.11. The molecular formula is C13H17NO2. The topological polar surface area (TPSA) is 30.5 Å². The van der Waals surface area contributed by atoms with Crippen molar-refractivity contribution in [1.29, 1.82) is 0 Å². The van der Waals surface area contributed by atoms with E-state index < -0.39 is 0 Å². The number of ether oxygens (including phenoxy) is 2. The molecule has 0 fully saturated rings. The molecule has 3 heteroatoms. The molecule has 16 heavy (non-hydrogen) atoms. The van der Waals surface area contributed by atoms with Crippen molar-refractivity contribution < 1.29 is 9.47 Å². The zero-order valence-electron chi connectivity index (χ0n) is 9.75. The molecule has 0 aliphatic carbocycles. The largest absolute Gasteiger partial charge is 0.493 e. The predicted octanol–water partition coefficient (Wildman–Crippen LogP) is 1.82. The van der Waals surface area contributed by atoms with Gasteiger partial charge in [-0.25, -0.2) is 0 Å². The maximum Gasteiger partial charge on any atom is 0.161 e. The molecule has 0 aliphatic heterocycles. The smallest absolute Gasteiger partial charge is 0.161 e. The second-order valence-electron chi connectivity index (χ2n) is 3.23. The van der Waals surface area contributed by atoms with Crippen molar-refractivity contribution in [3.63, 3.8) is 0 Å². The maximum atomic E-state index is 5.48. The Labute approximate surface area is 96.8 Å². The third-order valence-electron chi connectivity index (χ3n) is 2.08. The molecule has 1 aromatic carbocycles. The average molecular weight is 219 g/mol. The molecule has 0 atom stereocenters. The van der Waals surface area contributed by atoms with E-state index in [4.69, 9.17) is 15.9 Å². The van der Waals surface area contributed by atoms with Crippen LogP contribution in [0.1, 0.15) is 12.5 Å². The van der Waals surface area contributed by atoms with E-state index in [9.17, 15) is 0 Å². The van der Waals surface area contributed by atoms with Gasteiger partial charge in [-0.3, -0.25) is 0 Å². The van der Waals surface area contributed by atoms with Gasteiger partial charge in [0.1, 0.15) is 0 Å². The Bertz CT molecular complexity index is 369. The van der Waals surface area contributed by atoms with Crippen molar-refractivity contribution >= 4 is 0 Å². The normalized spacial score (nSPS) is 9.56. The lowest BCUT2D eigenvalue weighted by molar-refractivity contribution is 0.310. The lowest BCUT2D eigenvalue weighted by atomic mass is 10.2. The van der Waals surface area contributed by atoms with Crippen LogP contribution in [0, 0.1) is 12.3 Å². The highest BCUT2D eigenvalue weighted by Crippen LogP contribution is 2.27. The Hall–Kier alpha value is -1.66. The van der Waals surface area contributed by atoms with Gasteiger partial charge in [0.2, 0.25) is 0 Å². The molecule has 0 aliphatic rings. The van der Waals surface area contributed by atoms with Crippen LogP contribution in [0.4, 0.5) is 0 Å². The van der Waals surface area contributed by atoms with Crippen molar-refractivity contribution in [2.75, 3.05) is 20.3 Å². The van der Waals surface area contributed by atoms with Crippen LogP contribution in [0.3, 0.4) is 0 Å². The summed E-state index contributed by atoms with van der Waals surface area (Å²) in [6.45, 7) is 3.87. The van der Waals surface area contributed by atoms with Crippen LogP contribution in [0.25, 0.3) is 0 Å². The minimum absolute atomic E-state index is 0.565. The van der Waals surface area contributed by atoms with E-state index in [1.165, 1.54) is 0 Å². The summed E-state index contributed by atoms with van der Waals surface area (Å²) in [6.07, 6.45) is 5.16. The first kappa shape index (κ1) is 12.4. The molecule has 0 aromatic heterocycles. The Kier molecular flexibility index (Phi) is 5.24. The third-order valence-corrected chi connectivity index (χ3v) is 2.08. The zero-order chi connectivity index (χ0) is 11.8. The molecule has 1 aromatic rings. The van der Waals surface area contributed by atoms with Gasteiger partial charge in [0.25, 0.3) is 0 Å². The summed E-state index contributed by atoms with van der Waals surface area (Å²) in [4.78, 5) is 0. The minimum atomic E-state index is 0.565. The molecule has 86 valence electrons. The summed E-state index contributed by atoms with van der Waals surface area (Å²) >= 11 is 0. The van der Waals surface area contributed by atoms with Crippen LogP contribution in [-0.4, -0.2) is 20.3 Å². The molecule has 0 spiro atoms. The number of rotatable bonds is 6. The molecule has 0 saturated heterocycles. The van der Waals surface area contributed by atoms with E-state index in [-0.39, 0.29) is 0 Å². The number of methoxy groups -OCH3 is 1. The van der Waals surface area contributed by atoms with Gasteiger partial charge < -0.3 is 14.8 Å². The summed E-state index contributed by atoms with van der Waals surface area (Å²) < 4.78 is 10.7. The standard InChI is InChI=1S/C13H17NO2/c1-4-8-14-10-11-6-7-12(15-3)13(9-11)16-5-2/h1,6-7,9,14H,5,8,10H2,2-3H3. The SMILES string of the molecule is C#CCNCc1ccc(OC)c(OCC)c1. The highest BCUT2D eigenvalue weighted by atomic mass is 16.5. The fourth-order valence-electron chi connectivity index (χ4n) is 1.38. The first-order chi connectivity index (χ1) is 7.81. The van der Waals surface area contributed by atoms with E-state index in [2.05, 4.69) is 11.2 Å². The second kappa shape index (κ2) is 6.76. The zero-order valence-corrected chi connectivity index (χ0v) is 9.75. The lowest BCUT2D eigenvalue weighted by Crippen LogP contribution is -2.13. The monoisotopic (exact) mass is 219 g/mol. The van der Waals surface area contributed by atoms with Crippen molar-refractivity contribution in [2.45, 2.75) is 13.5 Å². The third kappa shape index (κ3) is 3.48. The maximum absolute atomic E-state index is 5.48. The van der Waals surface area contributed by atoms with Crippen molar-refractivity contribution in [3.05, 3.63) is 23.8 Å². The number of benzene rings is 1. The van der Waals surface area contributed by atoms with Gasteiger partial charge in [-0.15, -0.1) is 6.42 Å². The van der Waals surface area contributed by atoms with Gasteiger partial charge in [0.15, 0.2) is 11.5 Å². The van der Waals surface area contributed by atoms with Crippen LogP contribution < -0.4 is 14.8 Å². The summed E-state index contributed by atoms with van der Waals surface area (Å²) in [5, 5.41) is 3.13. The summed E-state index contributed by atoms with van der Waals surface area (Å²) in [6, 6.07) is 5.86. The van der Waals surface area contributed by atoms with Gasteiger partial charge in [0, 0.05) is 6.54 Å². The Morgan fingerprint density at radius 3 is 2.81 bits per heavy atom. The van der Waals surface area contributed by atoms with Crippen LogP contribution in [-0.2, 0) is 6.54 Å². The Morgan fingerprint density at radius 2 is 2.19 bits per heavy atom. The van der Waals surface area contributed by atoms with Crippen molar-refractivity contribution in [2.24, 2.45) is 0 Å². The molecule has 3 nitrogen and oxygen atoms in total. The Morgan fingerprint density at radius 1 is 1.38 bits per heavy atom. The predicted molar refractivity (Wildman–Crippen MR) is 64.7 cm³/mol. The molecule has 0 saturated carbocycles. The van der Waals surface area contributed by atoms with E-state index in [1.54, 1.807) is 7.11 Å². The van der Waals surface area contributed by atoms with Crippen molar-refractivity contribution in [3.8, 4) is 23.8 Å². The molecule has 1 N–H and O–H groups in total. The molecule has 0 radical (unpaired) electrons. The quantitative estimate of drug-likeness (QED) is 0.584. The van der Waals surface area contributed by atoms with E-state index in [0.717, 1.165) is 23.6 Å². The highest BCUT2D eigenvalue weighted by molar-refractivity contribution is 5.42. The molecule has 1 rings (SSSR count). The fourth-order valence-corrected chi connectivity index (χ4v) is 1.38. The molecule has 0 amide bonds. The fraction of sp³-hybridized carbons (Fsp3) is 0.385. The van der Waals surface area contributed by atoms with Crippen LogP contribution >= 0.6 is 0 Å². The van der Waals surface area contributed by atoms with Crippen molar-refractivity contribution in [1.82, 2.24) is 5.32 Å². The van der Waals surface area contributed by atoms with Crippen LogP contribution in [0.5, 0.6) is 11.5 Å². The van der Waals surface area contributed by atoms with Gasteiger partial charge >= 0.3 is 0 Å². The van der Waals surface area contributed by atoms with E-state index >= 15 is 0 Å². The first-order valence-corrected chi connectivity index (χ1v) is 5.25. The highest BCUT2D eigenvalue weighted by Gasteiger charge is 2.04.